The number of nitrogens with two attached hydrogens (primary N) is 1. The number of benzene rings is 2. The third kappa shape index (κ3) is 4.49. The molecule has 0 radical (unpaired) electrons. The molecule has 4 N–H and O–H groups in total. The van der Waals surface area contributed by atoms with Crippen molar-refractivity contribution in [3.8, 4) is 0 Å². The van der Waals surface area contributed by atoms with Gasteiger partial charge in [-0.3, -0.25) is 9.59 Å². The molecule has 0 heterocycles. The minimum atomic E-state index is -0.804. The van der Waals surface area contributed by atoms with Gasteiger partial charge < -0.3 is 16.4 Å². The Labute approximate surface area is 146 Å². The molecule has 0 atom stereocenters. The largest absolute Gasteiger partial charge is 0.399 e. The van der Waals surface area contributed by atoms with E-state index in [0.29, 0.717) is 17.1 Å². The molecule has 0 saturated carbocycles. The van der Waals surface area contributed by atoms with E-state index in [4.69, 9.17) is 17.3 Å². The van der Waals surface area contributed by atoms with Crippen LogP contribution in [-0.2, 0) is 15.0 Å². The topological polar surface area (TPSA) is 84.2 Å². The van der Waals surface area contributed by atoms with E-state index in [1.54, 1.807) is 24.3 Å². The maximum absolute atomic E-state index is 12.0. The third-order valence-corrected chi connectivity index (χ3v) is 3.77. The average molecular weight is 346 g/mol. The lowest BCUT2D eigenvalue weighted by Gasteiger charge is -2.19. The summed E-state index contributed by atoms with van der Waals surface area (Å²) >= 11 is 5.97. The Hall–Kier alpha value is -2.53. The van der Waals surface area contributed by atoms with Crippen molar-refractivity contribution in [1.29, 1.82) is 0 Å². The maximum Gasteiger partial charge on any atom is 0.314 e. The van der Waals surface area contributed by atoms with Crippen molar-refractivity contribution < 1.29 is 9.59 Å². The first kappa shape index (κ1) is 17.8. The van der Waals surface area contributed by atoms with E-state index in [-0.39, 0.29) is 10.4 Å². The third-order valence-electron chi connectivity index (χ3n) is 3.46. The van der Waals surface area contributed by atoms with E-state index in [9.17, 15) is 9.59 Å². The van der Waals surface area contributed by atoms with Crippen molar-refractivity contribution in [1.82, 2.24) is 0 Å². The Morgan fingerprint density at radius 2 is 1.54 bits per heavy atom. The van der Waals surface area contributed by atoms with Crippen molar-refractivity contribution in [2.75, 3.05) is 16.4 Å². The quantitative estimate of drug-likeness (QED) is 0.571. The van der Waals surface area contributed by atoms with E-state index in [0.717, 1.165) is 5.56 Å². The average Bonchev–Trinajstić information content (AvgIpc) is 2.49. The number of nitrogens with one attached hydrogen (secondary N) is 2. The summed E-state index contributed by atoms with van der Waals surface area (Å²) < 4.78 is 0. The van der Waals surface area contributed by atoms with Gasteiger partial charge in [-0.1, -0.05) is 44.5 Å². The van der Waals surface area contributed by atoms with Crippen LogP contribution in [0.4, 0.5) is 17.1 Å². The van der Waals surface area contributed by atoms with E-state index in [1.807, 2.05) is 12.1 Å². The second-order valence-corrected chi connectivity index (χ2v) is 6.88. The van der Waals surface area contributed by atoms with Gasteiger partial charge in [0.2, 0.25) is 0 Å². The Morgan fingerprint density at radius 3 is 2.08 bits per heavy atom. The number of hydrogen-bond acceptors (Lipinski definition) is 3. The molecule has 5 nitrogen and oxygen atoms in total. The smallest absolute Gasteiger partial charge is 0.314 e. The van der Waals surface area contributed by atoms with Crippen molar-refractivity contribution in [2.24, 2.45) is 0 Å². The number of carbonyl (C=O) groups excluding carboxylic acids is 2. The van der Waals surface area contributed by atoms with Crippen LogP contribution in [0, 0.1) is 0 Å². The molecule has 2 aromatic rings. The van der Waals surface area contributed by atoms with Crippen LogP contribution in [0.5, 0.6) is 0 Å². The predicted molar refractivity (Wildman–Crippen MR) is 98.3 cm³/mol. The predicted octanol–water partition coefficient (Wildman–Crippen LogP) is 3.80. The lowest BCUT2D eigenvalue weighted by atomic mass is 9.87. The van der Waals surface area contributed by atoms with Crippen molar-refractivity contribution in [3.63, 3.8) is 0 Å². The minimum absolute atomic E-state index is 0.0197. The molecular formula is C18H20ClN3O2. The van der Waals surface area contributed by atoms with E-state index < -0.39 is 11.8 Å². The highest BCUT2D eigenvalue weighted by atomic mass is 35.5. The van der Waals surface area contributed by atoms with Gasteiger partial charge in [0, 0.05) is 11.4 Å². The van der Waals surface area contributed by atoms with Gasteiger partial charge in [-0.25, -0.2) is 0 Å². The normalized spacial score (nSPS) is 11.0. The minimum Gasteiger partial charge on any atom is -0.399 e. The molecule has 0 saturated heterocycles. The molecule has 0 spiro atoms. The SMILES string of the molecule is CC(C)(C)c1ccc(NC(=O)C(=O)Nc2ccc(N)cc2Cl)cc1. The highest BCUT2D eigenvalue weighted by molar-refractivity contribution is 6.44. The Morgan fingerprint density at radius 1 is 0.958 bits per heavy atom. The standard InChI is InChI=1S/C18H20ClN3O2/c1-18(2,3)11-4-7-13(8-5-11)21-16(23)17(24)22-15-9-6-12(20)10-14(15)19/h4-10H,20H2,1-3H3,(H,21,23)(H,22,24). The monoisotopic (exact) mass is 345 g/mol. The zero-order chi connectivity index (χ0) is 17.9. The van der Waals surface area contributed by atoms with Gasteiger partial charge in [-0.2, -0.15) is 0 Å². The van der Waals surface area contributed by atoms with Crippen LogP contribution in [0.1, 0.15) is 26.3 Å². The highest BCUT2D eigenvalue weighted by Gasteiger charge is 2.17. The molecule has 0 aliphatic carbocycles. The van der Waals surface area contributed by atoms with Gasteiger partial charge in [-0.15, -0.1) is 0 Å². The summed E-state index contributed by atoms with van der Waals surface area (Å²) in [5.74, 6) is -1.58. The summed E-state index contributed by atoms with van der Waals surface area (Å²) in [7, 11) is 0. The summed E-state index contributed by atoms with van der Waals surface area (Å²) in [6.07, 6.45) is 0. The second kappa shape index (κ2) is 6.93. The number of amides is 2. The summed E-state index contributed by atoms with van der Waals surface area (Å²) in [6, 6.07) is 12.0. The van der Waals surface area contributed by atoms with Gasteiger partial charge in [0.05, 0.1) is 10.7 Å². The van der Waals surface area contributed by atoms with Crippen LogP contribution in [0.2, 0.25) is 5.02 Å². The van der Waals surface area contributed by atoms with Crippen LogP contribution in [0.3, 0.4) is 0 Å². The van der Waals surface area contributed by atoms with Gasteiger partial charge in [0.1, 0.15) is 0 Å². The molecule has 24 heavy (non-hydrogen) atoms. The Kier molecular flexibility index (Phi) is 5.14. The number of carbonyl (C=O) groups is 2. The maximum atomic E-state index is 12.0. The number of hydrogen-bond donors (Lipinski definition) is 3. The van der Waals surface area contributed by atoms with Crippen LogP contribution in [0.25, 0.3) is 0 Å². The summed E-state index contributed by atoms with van der Waals surface area (Å²) in [5.41, 5.74) is 8.09. The zero-order valence-electron chi connectivity index (χ0n) is 13.8. The summed E-state index contributed by atoms with van der Waals surface area (Å²) in [4.78, 5) is 24.0. The molecule has 2 amide bonds. The number of anilines is 3. The van der Waals surface area contributed by atoms with E-state index in [2.05, 4.69) is 31.4 Å². The highest BCUT2D eigenvalue weighted by Crippen LogP contribution is 2.25. The number of rotatable bonds is 2. The van der Waals surface area contributed by atoms with Crippen molar-refractivity contribution in [2.45, 2.75) is 26.2 Å². The van der Waals surface area contributed by atoms with Crippen LogP contribution in [0.15, 0.2) is 42.5 Å². The molecule has 0 unspecified atom stereocenters. The molecule has 2 rings (SSSR count). The van der Waals surface area contributed by atoms with Crippen LogP contribution < -0.4 is 16.4 Å². The zero-order valence-corrected chi connectivity index (χ0v) is 14.6. The lowest BCUT2D eigenvalue weighted by Crippen LogP contribution is -2.29. The van der Waals surface area contributed by atoms with E-state index in [1.165, 1.54) is 6.07 Å². The molecule has 126 valence electrons. The molecule has 0 aliphatic rings. The molecule has 6 heteroatoms. The fourth-order valence-electron chi connectivity index (χ4n) is 2.05. The number of halogens is 1. The molecule has 0 fully saturated rings. The molecular weight excluding hydrogens is 326 g/mol. The fourth-order valence-corrected chi connectivity index (χ4v) is 2.29. The van der Waals surface area contributed by atoms with Gasteiger partial charge in [0.15, 0.2) is 0 Å². The first-order valence-corrected chi connectivity index (χ1v) is 7.82. The molecule has 0 bridgehead atoms. The first-order valence-electron chi connectivity index (χ1n) is 7.45. The molecule has 0 aromatic heterocycles. The van der Waals surface area contributed by atoms with Crippen LogP contribution in [-0.4, -0.2) is 11.8 Å². The van der Waals surface area contributed by atoms with Gasteiger partial charge in [-0.05, 0) is 41.3 Å². The molecule has 2 aromatic carbocycles. The van der Waals surface area contributed by atoms with Crippen molar-refractivity contribution in [3.05, 3.63) is 53.1 Å². The van der Waals surface area contributed by atoms with Crippen molar-refractivity contribution >= 4 is 40.5 Å². The first-order chi connectivity index (χ1) is 11.2. The summed E-state index contributed by atoms with van der Waals surface area (Å²) in [6.45, 7) is 6.30. The molecule has 0 aliphatic heterocycles. The fraction of sp³-hybridized carbons (Fsp3) is 0.222. The Balaban J connectivity index is 2.02. The van der Waals surface area contributed by atoms with Gasteiger partial charge >= 0.3 is 11.8 Å². The van der Waals surface area contributed by atoms with Gasteiger partial charge in [0.25, 0.3) is 0 Å². The Bertz CT molecular complexity index is 765. The second-order valence-electron chi connectivity index (χ2n) is 6.47. The lowest BCUT2D eigenvalue weighted by molar-refractivity contribution is -0.132. The number of nitrogen functional groups attached to an aromatic ring is 1. The van der Waals surface area contributed by atoms with E-state index >= 15 is 0 Å². The van der Waals surface area contributed by atoms with Crippen LogP contribution >= 0.6 is 11.6 Å². The summed E-state index contributed by atoms with van der Waals surface area (Å²) in [5, 5.41) is 5.28.